The van der Waals surface area contributed by atoms with Gasteiger partial charge in [0.25, 0.3) is 0 Å². The zero-order valence-electron chi connectivity index (χ0n) is 6.25. The van der Waals surface area contributed by atoms with Crippen LogP contribution in [0.1, 0.15) is 13.8 Å². The van der Waals surface area contributed by atoms with Crippen molar-refractivity contribution in [3.63, 3.8) is 0 Å². The van der Waals surface area contributed by atoms with Crippen molar-refractivity contribution in [3.8, 4) is 0 Å². The van der Waals surface area contributed by atoms with Crippen molar-refractivity contribution in [3.05, 3.63) is 11.6 Å². The zero-order chi connectivity index (χ0) is 8.65. The summed E-state index contributed by atoms with van der Waals surface area (Å²) < 4.78 is 4.43. The molecule has 11 heavy (non-hydrogen) atoms. The second-order valence-corrected chi connectivity index (χ2v) is 2.52. The minimum atomic E-state index is -1.73. The van der Waals surface area contributed by atoms with Gasteiger partial charge in [-0.3, -0.25) is 4.79 Å². The van der Waals surface area contributed by atoms with E-state index in [0.29, 0.717) is 0 Å². The van der Waals surface area contributed by atoms with Crippen LogP contribution in [0.15, 0.2) is 11.6 Å². The summed E-state index contributed by atoms with van der Waals surface area (Å²) in [5.74, 6) is -2.77. The molecule has 0 fully saturated rings. The number of esters is 1. The van der Waals surface area contributed by atoms with E-state index < -0.39 is 11.8 Å². The van der Waals surface area contributed by atoms with Crippen molar-refractivity contribution < 1.29 is 19.4 Å². The van der Waals surface area contributed by atoms with Crippen molar-refractivity contribution in [1.82, 2.24) is 0 Å². The van der Waals surface area contributed by atoms with Crippen molar-refractivity contribution in [2.45, 2.75) is 19.6 Å². The molecular formula is C7H8O4. The summed E-state index contributed by atoms with van der Waals surface area (Å²) in [6.45, 7) is 2.52. The first-order valence-electron chi connectivity index (χ1n) is 3.12. The van der Waals surface area contributed by atoms with Crippen LogP contribution in [-0.4, -0.2) is 22.6 Å². The van der Waals surface area contributed by atoms with Gasteiger partial charge in [-0.05, 0) is 6.92 Å². The molecule has 60 valence electrons. The molecule has 0 bridgehead atoms. The molecule has 4 nitrogen and oxygen atoms in total. The van der Waals surface area contributed by atoms with Crippen LogP contribution >= 0.6 is 0 Å². The highest BCUT2D eigenvalue weighted by atomic mass is 16.7. The van der Waals surface area contributed by atoms with Gasteiger partial charge in [0.05, 0.1) is 5.57 Å². The van der Waals surface area contributed by atoms with Crippen molar-refractivity contribution in [2.24, 2.45) is 0 Å². The Bertz CT molecular complexity index is 249. The molecule has 1 unspecified atom stereocenters. The lowest BCUT2D eigenvalue weighted by atomic mass is 10.1. The lowest BCUT2D eigenvalue weighted by Gasteiger charge is -2.17. The monoisotopic (exact) mass is 156 g/mol. The fourth-order valence-corrected chi connectivity index (χ4v) is 0.960. The van der Waals surface area contributed by atoms with Gasteiger partial charge in [0, 0.05) is 13.0 Å². The number of hydrogen-bond donors (Lipinski definition) is 1. The van der Waals surface area contributed by atoms with Crippen LogP contribution in [0.4, 0.5) is 0 Å². The highest BCUT2D eigenvalue weighted by molar-refractivity contribution is 6.03. The molecule has 1 N–H and O–H groups in total. The van der Waals surface area contributed by atoms with E-state index in [1.807, 2.05) is 0 Å². The topological polar surface area (TPSA) is 63.6 Å². The number of ketones is 1. The molecule has 1 aliphatic heterocycles. The maximum atomic E-state index is 10.7. The number of Topliss-reactive ketones (excluding diaryl/α,β-unsaturated/α-hetero) is 1. The van der Waals surface area contributed by atoms with Crippen LogP contribution in [0.5, 0.6) is 0 Å². The molecule has 0 radical (unpaired) electrons. The van der Waals surface area contributed by atoms with Crippen LogP contribution in [0.2, 0.25) is 0 Å². The fourth-order valence-electron chi connectivity index (χ4n) is 0.960. The minimum Gasteiger partial charge on any atom is -0.426 e. The Morgan fingerprint density at radius 1 is 1.73 bits per heavy atom. The zero-order valence-corrected chi connectivity index (χ0v) is 6.25. The number of aliphatic hydroxyl groups is 1. The Labute approximate surface area is 63.5 Å². The third kappa shape index (κ3) is 1.30. The normalized spacial score (nSPS) is 29.7. The maximum absolute atomic E-state index is 10.7. The summed E-state index contributed by atoms with van der Waals surface area (Å²) in [5, 5.41) is 9.26. The van der Waals surface area contributed by atoms with Crippen LogP contribution in [0, 0.1) is 0 Å². The highest BCUT2D eigenvalue weighted by Crippen LogP contribution is 2.24. The van der Waals surface area contributed by atoms with Crippen LogP contribution in [0.3, 0.4) is 0 Å². The number of ether oxygens (including phenoxy) is 1. The second kappa shape index (κ2) is 2.17. The average Bonchev–Trinajstić information content (AvgIpc) is 2.04. The Kier molecular flexibility index (Phi) is 1.56. The van der Waals surface area contributed by atoms with E-state index in [0.717, 1.165) is 6.08 Å². The molecule has 0 aromatic carbocycles. The lowest BCUT2D eigenvalue weighted by molar-refractivity contribution is -0.175. The maximum Gasteiger partial charge on any atom is 0.334 e. The Morgan fingerprint density at radius 3 is 2.45 bits per heavy atom. The minimum absolute atomic E-state index is 0.00231. The largest absolute Gasteiger partial charge is 0.426 e. The first-order chi connectivity index (χ1) is 4.93. The van der Waals surface area contributed by atoms with E-state index in [4.69, 9.17) is 0 Å². The predicted octanol–water partition coefficient (Wildman–Crippen LogP) is -0.233. The molecule has 0 aliphatic carbocycles. The van der Waals surface area contributed by atoms with Crippen LogP contribution < -0.4 is 0 Å². The quantitative estimate of drug-likeness (QED) is 0.532. The number of rotatable bonds is 1. The van der Waals surface area contributed by atoms with Gasteiger partial charge in [0.2, 0.25) is 5.79 Å². The first kappa shape index (κ1) is 7.94. The van der Waals surface area contributed by atoms with Gasteiger partial charge in [0.1, 0.15) is 0 Å². The van der Waals surface area contributed by atoms with Gasteiger partial charge < -0.3 is 9.84 Å². The average molecular weight is 156 g/mol. The third-order valence-electron chi connectivity index (χ3n) is 1.44. The second-order valence-electron chi connectivity index (χ2n) is 2.52. The molecule has 1 heterocycles. The summed E-state index contributed by atoms with van der Waals surface area (Å²) in [6, 6.07) is 0. The van der Waals surface area contributed by atoms with Gasteiger partial charge in [-0.1, -0.05) is 0 Å². The highest BCUT2D eigenvalue weighted by Gasteiger charge is 2.38. The Balaban J connectivity index is 3.01. The molecule has 1 aliphatic rings. The SMILES string of the molecule is CC(=O)C1=CC(=O)OC1(C)O. The van der Waals surface area contributed by atoms with Gasteiger partial charge >= 0.3 is 5.97 Å². The summed E-state index contributed by atoms with van der Waals surface area (Å²) in [6.07, 6.45) is 1.00. The molecule has 0 aromatic rings. The molecule has 0 amide bonds. The summed E-state index contributed by atoms with van der Waals surface area (Å²) in [7, 11) is 0. The van der Waals surface area contributed by atoms with E-state index in [-0.39, 0.29) is 11.4 Å². The molecule has 0 aromatic heterocycles. The fraction of sp³-hybridized carbons (Fsp3) is 0.429. The van der Waals surface area contributed by atoms with Crippen molar-refractivity contribution in [2.75, 3.05) is 0 Å². The van der Waals surface area contributed by atoms with E-state index >= 15 is 0 Å². The molecule has 1 atom stereocenters. The standard InChI is InChI=1S/C7H8O4/c1-4(8)5-3-6(9)11-7(5,2)10/h3,10H,1-2H3. The van der Waals surface area contributed by atoms with E-state index in [1.54, 1.807) is 0 Å². The molecule has 0 saturated heterocycles. The summed E-state index contributed by atoms with van der Waals surface area (Å²) in [5.41, 5.74) is 0.00231. The van der Waals surface area contributed by atoms with Gasteiger partial charge in [0.15, 0.2) is 5.78 Å². The number of hydrogen-bond acceptors (Lipinski definition) is 4. The Morgan fingerprint density at radius 2 is 2.27 bits per heavy atom. The smallest absolute Gasteiger partial charge is 0.334 e. The number of cyclic esters (lactones) is 1. The van der Waals surface area contributed by atoms with E-state index in [1.165, 1.54) is 13.8 Å². The number of carbonyl (C=O) groups excluding carboxylic acids is 2. The van der Waals surface area contributed by atoms with Crippen LogP contribution in [0.25, 0.3) is 0 Å². The third-order valence-corrected chi connectivity index (χ3v) is 1.44. The van der Waals surface area contributed by atoms with Crippen molar-refractivity contribution >= 4 is 11.8 Å². The predicted molar refractivity (Wildman–Crippen MR) is 35.5 cm³/mol. The molecular weight excluding hydrogens is 148 g/mol. The lowest BCUT2D eigenvalue weighted by Crippen LogP contribution is -2.30. The van der Waals surface area contributed by atoms with E-state index in [2.05, 4.69) is 4.74 Å². The van der Waals surface area contributed by atoms with Crippen LogP contribution in [-0.2, 0) is 14.3 Å². The van der Waals surface area contributed by atoms with Gasteiger partial charge in [-0.25, -0.2) is 4.79 Å². The van der Waals surface area contributed by atoms with Gasteiger partial charge in [-0.15, -0.1) is 0 Å². The molecule has 1 rings (SSSR count). The first-order valence-corrected chi connectivity index (χ1v) is 3.12. The summed E-state index contributed by atoms with van der Waals surface area (Å²) in [4.78, 5) is 21.3. The molecule has 4 heteroatoms. The summed E-state index contributed by atoms with van der Waals surface area (Å²) >= 11 is 0. The molecule has 0 saturated carbocycles. The molecule has 0 spiro atoms. The van der Waals surface area contributed by atoms with E-state index in [9.17, 15) is 14.7 Å². The van der Waals surface area contributed by atoms with Gasteiger partial charge in [-0.2, -0.15) is 0 Å². The van der Waals surface area contributed by atoms with Crippen molar-refractivity contribution in [1.29, 1.82) is 0 Å². The Hall–Kier alpha value is -1.16. The number of carbonyl (C=O) groups is 2.